The lowest BCUT2D eigenvalue weighted by Gasteiger charge is -2.15. The number of aromatic nitrogens is 1. The summed E-state index contributed by atoms with van der Waals surface area (Å²) < 4.78 is 2.27. The number of phenols is 1. The van der Waals surface area contributed by atoms with Gasteiger partial charge in [0.1, 0.15) is 5.75 Å². The van der Waals surface area contributed by atoms with E-state index in [0.29, 0.717) is 5.75 Å². The summed E-state index contributed by atoms with van der Waals surface area (Å²) in [6, 6.07) is 5.79. The Morgan fingerprint density at radius 3 is 3.15 bits per heavy atom. The molecule has 1 N–H and O–H groups in total. The smallest absolute Gasteiger partial charge is 0.116 e. The molecule has 1 aliphatic heterocycles. The topological polar surface area (TPSA) is 25.2 Å². The molecule has 0 fully saturated rings. The minimum absolute atomic E-state index is 0.391. The predicted octanol–water partition coefficient (Wildman–Crippen LogP) is 2.29. The van der Waals surface area contributed by atoms with Crippen molar-refractivity contribution >= 4 is 10.9 Å². The van der Waals surface area contributed by atoms with Crippen molar-refractivity contribution in [1.29, 1.82) is 0 Å². The monoisotopic (exact) mass is 173 g/mol. The Morgan fingerprint density at radius 1 is 1.31 bits per heavy atom. The van der Waals surface area contributed by atoms with Gasteiger partial charge in [0.05, 0.1) is 5.52 Å². The van der Waals surface area contributed by atoms with E-state index in [9.17, 15) is 5.11 Å². The maximum atomic E-state index is 9.47. The zero-order valence-electron chi connectivity index (χ0n) is 7.33. The second kappa shape index (κ2) is 2.28. The molecule has 0 aliphatic carbocycles. The van der Waals surface area contributed by atoms with E-state index in [-0.39, 0.29) is 0 Å². The van der Waals surface area contributed by atoms with Gasteiger partial charge in [-0.15, -0.1) is 0 Å². The molecule has 0 bridgehead atoms. The van der Waals surface area contributed by atoms with Gasteiger partial charge >= 0.3 is 0 Å². The van der Waals surface area contributed by atoms with Gasteiger partial charge in [0, 0.05) is 18.1 Å². The average Bonchev–Trinajstić information content (AvgIpc) is 2.50. The quantitative estimate of drug-likeness (QED) is 0.649. The Hall–Kier alpha value is -1.44. The molecule has 2 nitrogen and oxygen atoms in total. The van der Waals surface area contributed by atoms with Gasteiger partial charge in [-0.3, -0.25) is 0 Å². The van der Waals surface area contributed by atoms with E-state index in [0.717, 1.165) is 18.4 Å². The third-order valence-electron chi connectivity index (χ3n) is 2.77. The van der Waals surface area contributed by atoms with Crippen molar-refractivity contribution < 1.29 is 5.11 Å². The van der Waals surface area contributed by atoms with Crippen LogP contribution in [0.3, 0.4) is 0 Å². The molecule has 66 valence electrons. The van der Waals surface area contributed by atoms with Crippen LogP contribution < -0.4 is 0 Å². The van der Waals surface area contributed by atoms with Crippen molar-refractivity contribution in [2.45, 2.75) is 19.4 Å². The first kappa shape index (κ1) is 7.01. The normalized spacial score (nSPS) is 15.1. The summed E-state index contributed by atoms with van der Waals surface area (Å²) in [5, 5.41) is 10.6. The van der Waals surface area contributed by atoms with Crippen LogP contribution in [0.2, 0.25) is 0 Å². The lowest BCUT2D eigenvalue weighted by Crippen LogP contribution is -2.05. The molecule has 0 saturated carbocycles. The fourth-order valence-electron chi connectivity index (χ4n) is 2.24. The number of phenolic OH excluding ortho intramolecular Hbond substituents is 1. The molecule has 1 aromatic carbocycles. The summed E-state index contributed by atoms with van der Waals surface area (Å²) in [5.74, 6) is 0.391. The van der Waals surface area contributed by atoms with E-state index in [1.165, 1.54) is 17.5 Å². The number of hydrogen-bond acceptors (Lipinski definition) is 1. The minimum atomic E-state index is 0.391. The van der Waals surface area contributed by atoms with Crippen LogP contribution >= 0.6 is 0 Å². The van der Waals surface area contributed by atoms with Crippen LogP contribution in [0, 0.1) is 0 Å². The molecule has 2 heterocycles. The summed E-state index contributed by atoms with van der Waals surface area (Å²) in [7, 11) is 0. The van der Waals surface area contributed by atoms with Crippen molar-refractivity contribution in [2.24, 2.45) is 0 Å². The second-order valence-electron chi connectivity index (χ2n) is 3.66. The summed E-state index contributed by atoms with van der Waals surface area (Å²) in [4.78, 5) is 0. The van der Waals surface area contributed by atoms with E-state index in [4.69, 9.17) is 0 Å². The summed E-state index contributed by atoms with van der Waals surface area (Å²) in [5.41, 5.74) is 2.59. The molecular weight excluding hydrogens is 162 g/mol. The maximum Gasteiger partial charge on any atom is 0.116 e. The van der Waals surface area contributed by atoms with Crippen molar-refractivity contribution in [2.75, 3.05) is 0 Å². The molecule has 0 amide bonds. The highest BCUT2D eigenvalue weighted by Gasteiger charge is 2.12. The van der Waals surface area contributed by atoms with Crippen LogP contribution in [0.25, 0.3) is 10.9 Å². The molecule has 0 unspecified atom stereocenters. The highest BCUT2D eigenvalue weighted by molar-refractivity contribution is 5.85. The average molecular weight is 173 g/mol. The number of benzene rings is 1. The first-order valence-electron chi connectivity index (χ1n) is 4.65. The second-order valence-corrected chi connectivity index (χ2v) is 3.66. The van der Waals surface area contributed by atoms with Crippen LogP contribution in [-0.2, 0) is 13.0 Å². The third kappa shape index (κ3) is 0.886. The molecule has 2 heteroatoms. The van der Waals surface area contributed by atoms with Crippen LogP contribution in [-0.4, -0.2) is 9.67 Å². The number of hydrogen-bond donors (Lipinski definition) is 1. The van der Waals surface area contributed by atoms with Crippen molar-refractivity contribution in [3.05, 3.63) is 30.0 Å². The highest BCUT2D eigenvalue weighted by atomic mass is 16.3. The van der Waals surface area contributed by atoms with Gasteiger partial charge in [0.25, 0.3) is 0 Å². The van der Waals surface area contributed by atoms with E-state index < -0.39 is 0 Å². The van der Waals surface area contributed by atoms with Gasteiger partial charge in [-0.2, -0.15) is 0 Å². The van der Waals surface area contributed by atoms with Gasteiger partial charge in [0.15, 0.2) is 0 Å². The Labute approximate surface area is 76.4 Å². The summed E-state index contributed by atoms with van der Waals surface area (Å²) >= 11 is 0. The molecule has 2 aromatic rings. The number of rotatable bonds is 0. The highest BCUT2D eigenvalue weighted by Crippen LogP contribution is 2.29. The summed E-state index contributed by atoms with van der Waals surface area (Å²) in [6.07, 6.45) is 4.38. The van der Waals surface area contributed by atoms with E-state index >= 15 is 0 Å². The molecular formula is C11H11NO. The van der Waals surface area contributed by atoms with Crippen molar-refractivity contribution in [3.8, 4) is 5.75 Å². The largest absolute Gasteiger partial charge is 0.508 e. The van der Waals surface area contributed by atoms with Crippen molar-refractivity contribution in [3.63, 3.8) is 0 Å². The van der Waals surface area contributed by atoms with Crippen LogP contribution in [0.1, 0.15) is 12.0 Å². The third-order valence-corrected chi connectivity index (χ3v) is 2.77. The molecule has 0 saturated heterocycles. The molecule has 0 atom stereocenters. The van der Waals surface area contributed by atoms with Crippen LogP contribution in [0.5, 0.6) is 5.75 Å². The number of aryl methyl sites for hydroxylation is 2. The molecule has 13 heavy (non-hydrogen) atoms. The zero-order chi connectivity index (χ0) is 8.84. The van der Waals surface area contributed by atoms with E-state index in [2.05, 4.69) is 16.8 Å². The first-order chi connectivity index (χ1) is 6.34. The van der Waals surface area contributed by atoms with Gasteiger partial charge in [-0.1, -0.05) is 0 Å². The molecule has 0 spiro atoms. The lowest BCUT2D eigenvalue weighted by atomic mass is 10.0. The molecule has 3 rings (SSSR count). The van der Waals surface area contributed by atoms with Crippen molar-refractivity contribution in [1.82, 2.24) is 4.57 Å². The zero-order valence-corrected chi connectivity index (χ0v) is 7.33. The van der Waals surface area contributed by atoms with Gasteiger partial charge in [0.2, 0.25) is 0 Å². The SMILES string of the molecule is Oc1cc2c3c(ccn3CCC2)c1. The Morgan fingerprint density at radius 2 is 2.23 bits per heavy atom. The van der Waals surface area contributed by atoms with E-state index in [1.807, 2.05) is 12.1 Å². The van der Waals surface area contributed by atoms with Crippen LogP contribution in [0.4, 0.5) is 0 Å². The lowest BCUT2D eigenvalue weighted by molar-refractivity contribution is 0.474. The predicted molar refractivity (Wildman–Crippen MR) is 51.9 cm³/mol. The molecule has 1 aromatic heterocycles. The number of nitrogens with zero attached hydrogens (tertiary/aromatic N) is 1. The standard InChI is InChI=1S/C11H11NO/c13-10-6-8-2-1-4-12-5-3-9(7-10)11(8)12/h3,5-7,13H,1-2,4H2. The maximum absolute atomic E-state index is 9.47. The number of aromatic hydroxyl groups is 1. The summed E-state index contributed by atoms with van der Waals surface area (Å²) in [6.45, 7) is 1.11. The first-order valence-corrected chi connectivity index (χ1v) is 4.65. The van der Waals surface area contributed by atoms with Gasteiger partial charge in [-0.05, 0) is 36.6 Å². The fraction of sp³-hybridized carbons (Fsp3) is 0.273. The van der Waals surface area contributed by atoms with Crippen LogP contribution in [0.15, 0.2) is 24.4 Å². The van der Waals surface area contributed by atoms with Gasteiger partial charge < -0.3 is 9.67 Å². The molecule has 1 aliphatic rings. The fourth-order valence-corrected chi connectivity index (χ4v) is 2.24. The molecule has 0 radical (unpaired) electrons. The van der Waals surface area contributed by atoms with E-state index in [1.54, 1.807) is 0 Å². The van der Waals surface area contributed by atoms with Gasteiger partial charge in [-0.25, -0.2) is 0 Å². The Balaban J connectivity index is 2.47. The Bertz CT molecular complexity index is 470. The Kier molecular flexibility index (Phi) is 1.23. The minimum Gasteiger partial charge on any atom is -0.508 e.